The summed E-state index contributed by atoms with van der Waals surface area (Å²) < 4.78 is 9.96. The first-order valence-electron chi connectivity index (χ1n) is 9.27. The van der Waals surface area contributed by atoms with E-state index in [2.05, 4.69) is 14.5 Å². The van der Waals surface area contributed by atoms with Gasteiger partial charge >= 0.3 is 5.97 Å². The summed E-state index contributed by atoms with van der Waals surface area (Å²) in [6, 6.07) is 4.08. The molecule has 0 bridgehead atoms. The molecule has 1 aliphatic heterocycles. The van der Waals surface area contributed by atoms with Crippen LogP contribution in [0.4, 0.5) is 0 Å². The Hall–Kier alpha value is -1.71. The maximum atomic E-state index is 12.3. The monoisotopic (exact) mass is 405 g/mol. The Morgan fingerprint density at radius 3 is 3.00 bits per heavy atom. The summed E-state index contributed by atoms with van der Waals surface area (Å²) in [5.41, 5.74) is 0.963. The van der Waals surface area contributed by atoms with Crippen LogP contribution >= 0.6 is 24.0 Å². The van der Waals surface area contributed by atoms with Crippen molar-refractivity contribution in [3.63, 3.8) is 0 Å². The second kappa shape index (κ2) is 8.12. The van der Waals surface area contributed by atoms with E-state index in [0.717, 1.165) is 42.3 Å². The summed E-state index contributed by atoms with van der Waals surface area (Å²) >= 11 is 7.53. The molecular weight excluding hydrogens is 382 g/mol. The zero-order valence-electron chi connectivity index (χ0n) is 15.3. The minimum Gasteiger partial charge on any atom is -0.465 e. The van der Waals surface area contributed by atoms with Gasteiger partial charge in [0.05, 0.1) is 13.3 Å². The average Bonchev–Trinajstić information content (AvgIpc) is 3.48. The largest absolute Gasteiger partial charge is 0.465 e. The highest BCUT2D eigenvalue weighted by Gasteiger charge is 2.33. The van der Waals surface area contributed by atoms with Gasteiger partial charge in [0.25, 0.3) is 0 Å². The minimum atomic E-state index is -0.251. The smallest absolute Gasteiger partial charge is 0.324 e. The van der Waals surface area contributed by atoms with E-state index in [4.69, 9.17) is 22.1 Å². The maximum Gasteiger partial charge on any atom is 0.324 e. The molecule has 3 heterocycles. The van der Waals surface area contributed by atoms with Gasteiger partial charge in [-0.1, -0.05) is 0 Å². The van der Waals surface area contributed by atoms with Crippen molar-refractivity contribution in [1.82, 2.24) is 24.2 Å². The molecule has 2 aromatic heterocycles. The zero-order valence-corrected chi connectivity index (χ0v) is 16.9. The third-order valence-electron chi connectivity index (χ3n) is 4.82. The predicted octanol–water partition coefficient (Wildman–Crippen LogP) is 2.75. The van der Waals surface area contributed by atoms with Gasteiger partial charge in [-0.3, -0.25) is 19.2 Å². The third kappa shape index (κ3) is 3.95. The number of hydrogen-bond acceptors (Lipinski definition) is 7. The molecule has 9 heteroatoms. The van der Waals surface area contributed by atoms with Gasteiger partial charge in [-0.2, -0.15) is 16.9 Å². The molecule has 0 aromatic carbocycles. The lowest BCUT2D eigenvalue weighted by atomic mass is 10.3. The van der Waals surface area contributed by atoms with E-state index in [1.54, 1.807) is 18.0 Å². The molecule has 2 aromatic rings. The molecule has 27 heavy (non-hydrogen) atoms. The van der Waals surface area contributed by atoms with Crippen molar-refractivity contribution in [3.8, 4) is 11.4 Å². The number of ether oxygens (including phenoxy) is 1. The number of carbonyl (C=O) groups excluding carboxylic acids is 1. The van der Waals surface area contributed by atoms with E-state index < -0.39 is 0 Å². The highest BCUT2D eigenvalue weighted by Crippen LogP contribution is 2.38. The average molecular weight is 406 g/mol. The molecule has 1 aliphatic carbocycles. The first-order valence-corrected chi connectivity index (χ1v) is 10.8. The predicted molar refractivity (Wildman–Crippen MR) is 107 cm³/mol. The lowest BCUT2D eigenvalue weighted by molar-refractivity contribution is -0.149. The van der Waals surface area contributed by atoms with E-state index >= 15 is 0 Å². The molecule has 0 spiro atoms. The normalized spacial score (nSPS) is 20.6. The Morgan fingerprint density at radius 2 is 2.30 bits per heavy atom. The number of pyridine rings is 1. The van der Waals surface area contributed by atoms with Crippen LogP contribution in [0, 0.1) is 4.77 Å². The van der Waals surface area contributed by atoms with Crippen LogP contribution in [0.15, 0.2) is 24.5 Å². The number of hydrogen-bond donors (Lipinski definition) is 0. The van der Waals surface area contributed by atoms with E-state index in [1.807, 2.05) is 29.9 Å². The van der Waals surface area contributed by atoms with Gasteiger partial charge in [-0.05, 0) is 44.1 Å². The lowest BCUT2D eigenvalue weighted by Crippen LogP contribution is -2.48. The topological polar surface area (TPSA) is 65.2 Å². The van der Waals surface area contributed by atoms with Crippen LogP contribution in [0.1, 0.15) is 25.8 Å². The Labute approximate surface area is 167 Å². The van der Waals surface area contributed by atoms with E-state index in [-0.39, 0.29) is 12.0 Å². The van der Waals surface area contributed by atoms with E-state index in [1.165, 1.54) is 0 Å². The third-order valence-corrected chi connectivity index (χ3v) is 6.25. The number of nitrogens with zero attached hydrogens (tertiary/aromatic N) is 5. The Morgan fingerprint density at radius 1 is 1.44 bits per heavy atom. The van der Waals surface area contributed by atoms with Crippen molar-refractivity contribution < 1.29 is 9.53 Å². The summed E-state index contributed by atoms with van der Waals surface area (Å²) in [7, 11) is 0. The Balaban J connectivity index is 1.64. The van der Waals surface area contributed by atoms with Crippen molar-refractivity contribution in [2.45, 2.75) is 38.5 Å². The highest BCUT2D eigenvalue weighted by molar-refractivity contribution is 7.99. The van der Waals surface area contributed by atoms with Crippen LogP contribution < -0.4 is 0 Å². The van der Waals surface area contributed by atoms with Crippen LogP contribution in [-0.4, -0.2) is 60.9 Å². The molecule has 0 N–H and O–H groups in total. The molecule has 0 unspecified atom stereocenters. The SMILES string of the molecule is CCOC(=O)[C@@H]1CSCCN1Cn1nc(-c2cccnc2)n(C2CC2)c1=S. The Kier molecular flexibility index (Phi) is 5.60. The van der Waals surface area contributed by atoms with Gasteiger partial charge in [0, 0.05) is 42.0 Å². The van der Waals surface area contributed by atoms with Gasteiger partial charge in [0.1, 0.15) is 6.04 Å². The van der Waals surface area contributed by atoms with Crippen molar-refractivity contribution in [3.05, 3.63) is 29.3 Å². The van der Waals surface area contributed by atoms with Crippen LogP contribution in [-0.2, 0) is 16.2 Å². The minimum absolute atomic E-state index is 0.162. The molecule has 7 nitrogen and oxygen atoms in total. The zero-order chi connectivity index (χ0) is 18.8. The van der Waals surface area contributed by atoms with Gasteiger partial charge in [-0.25, -0.2) is 4.68 Å². The number of rotatable bonds is 6. The molecule has 2 fully saturated rings. The quantitative estimate of drug-likeness (QED) is 0.541. The van der Waals surface area contributed by atoms with E-state index in [0.29, 0.717) is 24.1 Å². The Bertz CT molecular complexity index is 862. The van der Waals surface area contributed by atoms with Crippen molar-refractivity contribution in [2.75, 3.05) is 24.7 Å². The van der Waals surface area contributed by atoms with Crippen LogP contribution in [0.5, 0.6) is 0 Å². The lowest BCUT2D eigenvalue weighted by Gasteiger charge is -2.33. The number of thioether (sulfide) groups is 1. The summed E-state index contributed by atoms with van der Waals surface area (Å²) in [6.07, 6.45) is 5.82. The number of aromatic nitrogens is 4. The first kappa shape index (κ1) is 18.6. The van der Waals surface area contributed by atoms with Crippen molar-refractivity contribution in [2.24, 2.45) is 0 Å². The molecule has 0 radical (unpaired) electrons. The number of carbonyl (C=O) groups is 1. The fourth-order valence-electron chi connectivity index (χ4n) is 3.30. The van der Waals surface area contributed by atoms with Crippen molar-refractivity contribution >= 4 is 29.9 Å². The summed E-state index contributed by atoms with van der Waals surface area (Å²) in [4.78, 5) is 18.7. The molecule has 144 valence electrons. The molecular formula is C18H23N5O2S2. The van der Waals surface area contributed by atoms with Gasteiger partial charge in [0.15, 0.2) is 10.6 Å². The summed E-state index contributed by atoms with van der Waals surface area (Å²) in [5, 5.41) is 4.81. The second-order valence-corrected chi connectivity index (χ2v) is 8.26. The molecule has 0 amide bonds. The first-order chi connectivity index (χ1) is 13.2. The maximum absolute atomic E-state index is 12.3. The number of esters is 1. The van der Waals surface area contributed by atoms with Gasteiger partial charge in [0.2, 0.25) is 0 Å². The van der Waals surface area contributed by atoms with E-state index in [9.17, 15) is 4.79 Å². The van der Waals surface area contributed by atoms with Crippen LogP contribution in [0.3, 0.4) is 0 Å². The molecule has 1 saturated carbocycles. The molecule has 1 atom stereocenters. The summed E-state index contributed by atoms with van der Waals surface area (Å²) in [6.45, 7) is 3.55. The van der Waals surface area contributed by atoms with Gasteiger partial charge < -0.3 is 4.74 Å². The standard InChI is InChI=1S/C18H23N5O2S2/c1-2-25-17(24)15-11-27-9-8-21(15)12-22-18(26)23(14-5-6-14)16(20-22)13-4-3-7-19-10-13/h3-4,7,10,14-15H,2,5-6,8-9,11-12H2,1H3/t15-/m0/s1. The fraction of sp³-hybridized carbons (Fsp3) is 0.556. The molecule has 2 aliphatic rings. The van der Waals surface area contributed by atoms with Crippen LogP contribution in [0.2, 0.25) is 0 Å². The molecule has 1 saturated heterocycles. The van der Waals surface area contributed by atoms with Crippen molar-refractivity contribution in [1.29, 1.82) is 0 Å². The van der Waals surface area contributed by atoms with Crippen LogP contribution in [0.25, 0.3) is 11.4 Å². The molecule has 4 rings (SSSR count). The second-order valence-electron chi connectivity index (χ2n) is 6.75. The fourth-order valence-corrected chi connectivity index (χ4v) is 4.74. The van der Waals surface area contributed by atoms with Gasteiger partial charge in [-0.15, -0.1) is 0 Å². The highest BCUT2D eigenvalue weighted by atomic mass is 32.2. The summed E-state index contributed by atoms with van der Waals surface area (Å²) in [5.74, 6) is 2.42.